The number of nitrogens with zero attached hydrogens (tertiary/aromatic N) is 4. The van der Waals surface area contributed by atoms with Gasteiger partial charge in [0.15, 0.2) is 0 Å². The summed E-state index contributed by atoms with van der Waals surface area (Å²) >= 11 is 0. The van der Waals surface area contributed by atoms with Crippen LogP contribution < -0.4 is 10.6 Å². The van der Waals surface area contributed by atoms with E-state index in [4.69, 9.17) is 5.73 Å². The molecular weight excluding hydrogens is 350 g/mol. The Hall–Kier alpha value is -1.85. The Labute approximate surface area is 167 Å². The van der Waals surface area contributed by atoms with E-state index in [0.29, 0.717) is 35.6 Å². The average Bonchev–Trinajstić information content (AvgIpc) is 2.72. The number of hydrogen-bond donors (Lipinski definition) is 1. The van der Waals surface area contributed by atoms with Gasteiger partial charge in [-0.15, -0.1) is 0 Å². The van der Waals surface area contributed by atoms with Crippen molar-refractivity contribution in [1.29, 1.82) is 0 Å². The molecule has 0 radical (unpaired) electrons. The van der Waals surface area contributed by atoms with Crippen molar-refractivity contribution in [2.75, 3.05) is 23.7 Å². The SMILES string of the molecule is Nc1ccnc(N2C[C@H]3C[C@@H](C2)[C@H](CC2CCCCC2)N2C(=O)CCC[C@@H]32)n1. The van der Waals surface area contributed by atoms with Crippen molar-refractivity contribution in [3.8, 4) is 0 Å². The molecule has 1 aromatic rings. The first-order chi connectivity index (χ1) is 13.7. The quantitative estimate of drug-likeness (QED) is 0.867. The second kappa shape index (κ2) is 7.53. The number of amides is 1. The summed E-state index contributed by atoms with van der Waals surface area (Å²) in [6.45, 7) is 1.90. The van der Waals surface area contributed by atoms with E-state index in [9.17, 15) is 4.79 Å². The maximum Gasteiger partial charge on any atom is 0.227 e. The Morgan fingerprint density at radius 2 is 1.89 bits per heavy atom. The summed E-state index contributed by atoms with van der Waals surface area (Å²) < 4.78 is 0. The number of nitrogens with two attached hydrogens (primary N) is 1. The maximum absolute atomic E-state index is 13.0. The third-order valence-electron chi connectivity index (χ3n) is 7.74. The third-order valence-corrected chi connectivity index (χ3v) is 7.74. The van der Waals surface area contributed by atoms with Crippen molar-refractivity contribution >= 4 is 17.7 Å². The summed E-state index contributed by atoms with van der Waals surface area (Å²) in [6.07, 6.45) is 14.0. The molecule has 1 amide bonds. The topological polar surface area (TPSA) is 75.3 Å². The lowest BCUT2D eigenvalue weighted by Crippen LogP contribution is -2.65. The van der Waals surface area contributed by atoms with Crippen molar-refractivity contribution in [1.82, 2.24) is 14.9 Å². The molecule has 2 bridgehead atoms. The predicted molar refractivity (Wildman–Crippen MR) is 110 cm³/mol. The van der Waals surface area contributed by atoms with Gasteiger partial charge in [0.05, 0.1) is 0 Å². The fourth-order valence-corrected chi connectivity index (χ4v) is 6.52. The largest absolute Gasteiger partial charge is 0.384 e. The van der Waals surface area contributed by atoms with Gasteiger partial charge in [0.2, 0.25) is 11.9 Å². The molecule has 6 nitrogen and oxygen atoms in total. The molecule has 4 aliphatic rings. The van der Waals surface area contributed by atoms with Gasteiger partial charge in [0.25, 0.3) is 0 Å². The van der Waals surface area contributed by atoms with Crippen molar-refractivity contribution < 1.29 is 4.79 Å². The van der Waals surface area contributed by atoms with E-state index in [0.717, 1.165) is 44.2 Å². The van der Waals surface area contributed by atoms with Crippen molar-refractivity contribution in [2.24, 2.45) is 17.8 Å². The van der Waals surface area contributed by atoms with Gasteiger partial charge in [-0.2, -0.15) is 4.98 Å². The zero-order chi connectivity index (χ0) is 19.1. The standard InChI is InChI=1S/C22H33N5O/c23-20-9-10-24-22(25-20)26-13-16-12-17(14-26)19(11-15-5-2-1-3-6-15)27-18(16)7-4-8-21(27)28/h9-10,15-19H,1-8,11-14H2,(H2,23,24,25)/t16-,17+,18+,19+/m1/s1. The molecule has 3 saturated heterocycles. The number of carbonyl (C=O) groups excluding carboxylic acids is 1. The molecule has 1 aliphatic carbocycles. The molecule has 4 heterocycles. The van der Waals surface area contributed by atoms with Gasteiger partial charge in [0.1, 0.15) is 5.82 Å². The van der Waals surface area contributed by atoms with Crippen LogP contribution in [0.25, 0.3) is 0 Å². The maximum atomic E-state index is 13.0. The molecule has 0 aromatic carbocycles. The molecule has 28 heavy (non-hydrogen) atoms. The van der Waals surface area contributed by atoms with E-state index in [1.807, 2.05) is 0 Å². The van der Waals surface area contributed by atoms with E-state index >= 15 is 0 Å². The first kappa shape index (κ1) is 18.2. The number of hydrogen-bond acceptors (Lipinski definition) is 5. The number of piperidine rings is 3. The molecular formula is C22H33N5O. The number of anilines is 2. The first-order valence-electron chi connectivity index (χ1n) is 11.3. The summed E-state index contributed by atoms with van der Waals surface area (Å²) in [7, 11) is 0. The molecule has 0 unspecified atom stereocenters. The van der Waals surface area contributed by atoms with Crippen LogP contribution in [0.2, 0.25) is 0 Å². The van der Waals surface area contributed by atoms with E-state index in [1.165, 1.54) is 44.9 Å². The fourth-order valence-electron chi connectivity index (χ4n) is 6.52. The Morgan fingerprint density at radius 1 is 1.07 bits per heavy atom. The molecule has 1 saturated carbocycles. The molecule has 5 rings (SSSR count). The Morgan fingerprint density at radius 3 is 2.71 bits per heavy atom. The Balaban J connectivity index is 1.42. The molecule has 2 N–H and O–H groups in total. The minimum absolute atomic E-state index is 0.404. The summed E-state index contributed by atoms with van der Waals surface area (Å²) in [6, 6.07) is 2.57. The van der Waals surface area contributed by atoms with E-state index < -0.39 is 0 Å². The highest BCUT2D eigenvalue weighted by Crippen LogP contribution is 2.45. The summed E-state index contributed by atoms with van der Waals surface area (Å²) in [5, 5.41) is 0. The average molecular weight is 384 g/mol. The van der Waals surface area contributed by atoms with Crippen LogP contribution >= 0.6 is 0 Å². The highest BCUT2D eigenvalue weighted by atomic mass is 16.2. The number of nitrogen functional groups attached to an aromatic ring is 1. The van der Waals surface area contributed by atoms with Gasteiger partial charge in [0, 0.05) is 37.8 Å². The second-order valence-electron chi connectivity index (χ2n) is 9.51. The van der Waals surface area contributed by atoms with Crippen molar-refractivity contribution in [2.45, 2.75) is 76.3 Å². The lowest BCUT2D eigenvalue weighted by molar-refractivity contribution is -0.149. The van der Waals surface area contributed by atoms with E-state index in [1.54, 1.807) is 12.3 Å². The fraction of sp³-hybridized carbons (Fsp3) is 0.773. The van der Waals surface area contributed by atoms with Gasteiger partial charge in [-0.3, -0.25) is 4.79 Å². The normalized spacial score (nSPS) is 33.6. The highest BCUT2D eigenvalue weighted by Gasteiger charge is 2.50. The number of rotatable bonds is 3. The van der Waals surface area contributed by atoms with E-state index in [-0.39, 0.29) is 0 Å². The minimum Gasteiger partial charge on any atom is -0.384 e. The van der Waals surface area contributed by atoms with Gasteiger partial charge >= 0.3 is 0 Å². The van der Waals surface area contributed by atoms with Gasteiger partial charge in [-0.1, -0.05) is 32.1 Å². The molecule has 1 aromatic heterocycles. The van der Waals surface area contributed by atoms with Crippen LogP contribution in [0, 0.1) is 17.8 Å². The van der Waals surface area contributed by atoms with Crippen LogP contribution in [-0.4, -0.2) is 45.9 Å². The van der Waals surface area contributed by atoms with Crippen LogP contribution in [-0.2, 0) is 4.79 Å². The lowest BCUT2D eigenvalue weighted by Gasteiger charge is -2.57. The lowest BCUT2D eigenvalue weighted by atomic mass is 9.69. The summed E-state index contributed by atoms with van der Waals surface area (Å²) in [4.78, 5) is 26.7. The predicted octanol–water partition coefficient (Wildman–Crippen LogP) is 3.24. The Bertz CT molecular complexity index is 719. The van der Waals surface area contributed by atoms with Crippen LogP contribution in [0.3, 0.4) is 0 Å². The zero-order valence-corrected chi connectivity index (χ0v) is 16.8. The third kappa shape index (κ3) is 3.35. The number of fused-ring (bicyclic) bond motifs is 4. The van der Waals surface area contributed by atoms with Gasteiger partial charge in [-0.25, -0.2) is 4.98 Å². The number of carbonyl (C=O) groups is 1. The summed E-state index contributed by atoms with van der Waals surface area (Å²) in [5.74, 6) is 3.58. The van der Waals surface area contributed by atoms with Crippen LogP contribution in [0.4, 0.5) is 11.8 Å². The molecule has 4 atom stereocenters. The second-order valence-corrected chi connectivity index (χ2v) is 9.51. The first-order valence-corrected chi connectivity index (χ1v) is 11.3. The number of aromatic nitrogens is 2. The van der Waals surface area contributed by atoms with Gasteiger partial charge < -0.3 is 15.5 Å². The molecule has 152 valence electrons. The van der Waals surface area contributed by atoms with Gasteiger partial charge in [-0.05, 0) is 49.5 Å². The zero-order valence-electron chi connectivity index (χ0n) is 16.8. The van der Waals surface area contributed by atoms with Crippen LogP contribution in [0.15, 0.2) is 12.3 Å². The van der Waals surface area contributed by atoms with Crippen LogP contribution in [0.5, 0.6) is 0 Å². The minimum atomic E-state index is 0.404. The smallest absolute Gasteiger partial charge is 0.227 e. The molecule has 4 fully saturated rings. The molecule has 3 aliphatic heterocycles. The highest BCUT2D eigenvalue weighted by molar-refractivity contribution is 5.78. The van der Waals surface area contributed by atoms with Crippen LogP contribution in [0.1, 0.15) is 64.2 Å². The van der Waals surface area contributed by atoms with E-state index in [2.05, 4.69) is 19.8 Å². The molecule has 6 heteroatoms. The molecule has 0 spiro atoms. The summed E-state index contributed by atoms with van der Waals surface area (Å²) in [5.41, 5.74) is 5.93. The Kier molecular flexibility index (Phi) is 4.89. The van der Waals surface area contributed by atoms with Crippen molar-refractivity contribution in [3.05, 3.63) is 12.3 Å². The monoisotopic (exact) mass is 383 g/mol. The van der Waals surface area contributed by atoms with Crippen molar-refractivity contribution in [3.63, 3.8) is 0 Å².